The lowest BCUT2D eigenvalue weighted by Gasteiger charge is -2.24. The maximum Gasteiger partial charge on any atom is 0.295 e. The second-order valence-corrected chi connectivity index (χ2v) is 6.18. The molecule has 1 aliphatic rings. The molecule has 0 spiro atoms. The zero-order chi connectivity index (χ0) is 16.7. The quantitative estimate of drug-likeness (QED) is 0.796. The fourth-order valence-corrected chi connectivity index (χ4v) is 3.35. The highest BCUT2D eigenvalue weighted by Gasteiger charge is 2.40. The van der Waals surface area contributed by atoms with E-state index in [2.05, 4.69) is 15.3 Å². The van der Waals surface area contributed by atoms with Gasteiger partial charge in [0.2, 0.25) is 5.91 Å². The molecule has 4 rings (SSSR count). The minimum absolute atomic E-state index is 0.0469. The van der Waals surface area contributed by atoms with Gasteiger partial charge < -0.3 is 19.2 Å². The Labute approximate surface area is 139 Å². The highest BCUT2D eigenvalue weighted by molar-refractivity contribution is 5.79. The van der Waals surface area contributed by atoms with Crippen molar-refractivity contribution in [2.75, 3.05) is 18.9 Å². The van der Waals surface area contributed by atoms with Crippen molar-refractivity contribution in [3.05, 3.63) is 42.5 Å². The van der Waals surface area contributed by atoms with Crippen LogP contribution in [-0.2, 0) is 11.8 Å². The number of fused-ring (bicyclic) bond motifs is 1. The Morgan fingerprint density at radius 1 is 1.33 bits per heavy atom. The zero-order valence-electron chi connectivity index (χ0n) is 13.6. The van der Waals surface area contributed by atoms with E-state index in [-0.39, 0.29) is 17.9 Å². The summed E-state index contributed by atoms with van der Waals surface area (Å²) in [6.45, 7) is 0.598. The number of nitrogens with zero attached hydrogens (tertiary/aromatic N) is 4. The van der Waals surface area contributed by atoms with Gasteiger partial charge in [0, 0.05) is 45.4 Å². The van der Waals surface area contributed by atoms with E-state index >= 15 is 0 Å². The maximum atomic E-state index is 12.2. The number of oxazole rings is 1. The number of carbonyl (C=O) groups is 1. The SMILES string of the molecule is CN1C(=O)C[C@@H](CNc2nc3ccccc3o2)[C@@H]1c1nccn1C. The molecular formula is C17H19N5O2. The van der Waals surface area contributed by atoms with Crippen molar-refractivity contribution in [3.63, 3.8) is 0 Å². The van der Waals surface area contributed by atoms with E-state index in [1.807, 2.05) is 49.1 Å². The molecule has 124 valence electrons. The smallest absolute Gasteiger partial charge is 0.295 e. The molecular weight excluding hydrogens is 306 g/mol. The zero-order valence-corrected chi connectivity index (χ0v) is 13.6. The monoisotopic (exact) mass is 325 g/mol. The van der Waals surface area contributed by atoms with Gasteiger partial charge in [0.25, 0.3) is 6.01 Å². The first-order valence-corrected chi connectivity index (χ1v) is 7.96. The van der Waals surface area contributed by atoms with Crippen molar-refractivity contribution in [1.82, 2.24) is 19.4 Å². The Bertz CT molecular complexity index is 851. The van der Waals surface area contributed by atoms with Crippen molar-refractivity contribution >= 4 is 23.0 Å². The number of benzene rings is 1. The van der Waals surface area contributed by atoms with Gasteiger partial charge in [0.15, 0.2) is 5.58 Å². The van der Waals surface area contributed by atoms with Gasteiger partial charge in [-0.25, -0.2) is 4.98 Å². The van der Waals surface area contributed by atoms with Crippen LogP contribution < -0.4 is 5.32 Å². The molecule has 3 heterocycles. The third kappa shape index (κ3) is 2.42. The molecule has 1 fully saturated rings. The van der Waals surface area contributed by atoms with Gasteiger partial charge in [0.05, 0.1) is 6.04 Å². The minimum atomic E-state index is -0.0469. The first-order chi connectivity index (χ1) is 11.6. The summed E-state index contributed by atoms with van der Waals surface area (Å²) in [5, 5.41) is 3.23. The topological polar surface area (TPSA) is 76.2 Å². The van der Waals surface area contributed by atoms with Gasteiger partial charge in [-0.2, -0.15) is 4.98 Å². The van der Waals surface area contributed by atoms with Gasteiger partial charge >= 0.3 is 0 Å². The van der Waals surface area contributed by atoms with Gasteiger partial charge in [-0.15, -0.1) is 0 Å². The molecule has 0 radical (unpaired) electrons. The van der Waals surface area contributed by atoms with Crippen LogP contribution in [0.15, 0.2) is 41.1 Å². The second kappa shape index (κ2) is 5.67. The summed E-state index contributed by atoms with van der Waals surface area (Å²) in [7, 11) is 3.78. The van der Waals surface area contributed by atoms with E-state index in [0.717, 1.165) is 16.9 Å². The molecule has 7 nitrogen and oxygen atoms in total. The summed E-state index contributed by atoms with van der Waals surface area (Å²) in [5.74, 6) is 1.14. The van der Waals surface area contributed by atoms with Crippen molar-refractivity contribution < 1.29 is 9.21 Å². The lowest BCUT2D eigenvalue weighted by molar-refractivity contribution is -0.127. The molecule has 7 heteroatoms. The average molecular weight is 325 g/mol. The Morgan fingerprint density at radius 2 is 2.17 bits per heavy atom. The van der Waals surface area contributed by atoms with E-state index in [9.17, 15) is 4.79 Å². The third-order valence-corrected chi connectivity index (χ3v) is 4.63. The summed E-state index contributed by atoms with van der Waals surface area (Å²) >= 11 is 0. The fraction of sp³-hybridized carbons (Fsp3) is 0.353. The van der Waals surface area contributed by atoms with E-state index in [1.165, 1.54) is 0 Å². The number of hydrogen-bond donors (Lipinski definition) is 1. The van der Waals surface area contributed by atoms with Crippen LogP contribution in [-0.4, -0.2) is 38.9 Å². The Balaban J connectivity index is 1.54. The van der Waals surface area contributed by atoms with Gasteiger partial charge in [-0.05, 0) is 12.1 Å². The lowest BCUT2D eigenvalue weighted by Crippen LogP contribution is -2.28. The minimum Gasteiger partial charge on any atom is -0.424 e. The van der Waals surface area contributed by atoms with Gasteiger partial charge in [0.1, 0.15) is 11.3 Å². The molecule has 1 saturated heterocycles. The van der Waals surface area contributed by atoms with Crippen molar-refractivity contribution in [3.8, 4) is 0 Å². The van der Waals surface area contributed by atoms with Crippen LogP contribution in [0, 0.1) is 5.92 Å². The third-order valence-electron chi connectivity index (χ3n) is 4.63. The van der Waals surface area contributed by atoms with Crippen molar-refractivity contribution in [2.45, 2.75) is 12.5 Å². The Hall–Kier alpha value is -2.83. The van der Waals surface area contributed by atoms with Gasteiger partial charge in [-0.1, -0.05) is 12.1 Å². The molecule has 2 aromatic heterocycles. The molecule has 2 atom stereocenters. The van der Waals surface area contributed by atoms with E-state index < -0.39 is 0 Å². The average Bonchev–Trinajstić information content (AvgIpc) is 3.24. The van der Waals surface area contributed by atoms with Crippen molar-refractivity contribution in [1.29, 1.82) is 0 Å². The van der Waals surface area contributed by atoms with E-state index in [1.54, 1.807) is 11.1 Å². The molecule has 1 aliphatic heterocycles. The molecule has 1 N–H and O–H groups in total. The number of carbonyl (C=O) groups excluding carboxylic acids is 1. The standard InChI is InChI=1S/C17H19N5O2/c1-21-8-7-18-16(21)15-11(9-14(23)22(15)2)10-19-17-20-12-5-3-4-6-13(12)24-17/h3-8,11,15H,9-10H2,1-2H3,(H,19,20)/t11-,15+/m0/s1. The number of rotatable bonds is 4. The fourth-order valence-electron chi connectivity index (χ4n) is 3.35. The number of aryl methyl sites for hydroxylation is 1. The molecule has 0 unspecified atom stereocenters. The number of aromatic nitrogens is 3. The largest absolute Gasteiger partial charge is 0.424 e. The number of anilines is 1. The number of para-hydroxylation sites is 2. The summed E-state index contributed by atoms with van der Waals surface area (Å²) in [6.07, 6.45) is 4.15. The number of likely N-dealkylation sites (tertiary alicyclic amines) is 1. The van der Waals surface area contributed by atoms with Crippen molar-refractivity contribution in [2.24, 2.45) is 13.0 Å². The highest BCUT2D eigenvalue weighted by atomic mass is 16.4. The lowest BCUT2D eigenvalue weighted by atomic mass is 9.99. The first-order valence-electron chi connectivity index (χ1n) is 7.96. The number of amides is 1. The Kier molecular flexibility index (Phi) is 3.48. The molecule has 0 saturated carbocycles. The highest BCUT2D eigenvalue weighted by Crippen LogP contribution is 2.36. The summed E-state index contributed by atoms with van der Waals surface area (Å²) in [4.78, 5) is 22.8. The molecule has 24 heavy (non-hydrogen) atoms. The van der Waals surface area contributed by atoms with Gasteiger partial charge in [-0.3, -0.25) is 4.79 Å². The Morgan fingerprint density at radius 3 is 2.92 bits per heavy atom. The predicted octanol–water partition coefficient (Wildman–Crippen LogP) is 2.19. The predicted molar refractivity (Wildman–Crippen MR) is 89.3 cm³/mol. The molecule has 1 amide bonds. The number of nitrogens with one attached hydrogen (secondary N) is 1. The number of hydrogen-bond acceptors (Lipinski definition) is 5. The van der Waals surface area contributed by atoms with Crippen LogP contribution in [0.25, 0.3) is 11.1 Å². The maximum absolute atomic E-state index is 12.2. The van der Waals surface area contributed by atoms with Crippen LogP contribution in [0.2, 0.25) is 0 Å². The molecule has 0 aliphatic carbocycles. The number of imidazole rings is 1. The summed E-state index contributed by atoms with van der Waals surface area (Å²) in [6, 6.07) is 8.08. The van der Waals surface area contributed by atoms with Crippen LogP contribution in [0.1, 0.15) is 18.3 Å². The van der Waals surface area contributed by atoms with Crippen LogP contribution in [0.4, 0.5) is 6.01 Å². The summed E-state index contributed by atoms with van der Waals surface area (Å²) < 4.78 is 7.65. The van der Waals surface area contributed by atoms with E-state index in [4.69, 9.17) is 4.42 Å². The molecule has 0 bridgehead atoms. The molecule has 1 aromatic carbocycles. The van der Waals surface area contributed by atoms with Crippen LogP contribution in [0.5, 0.6) is 0 Å². The first kappa shape index (κ1) is 14.7. The summed E-state index contributed by atoms with van der Waals surface area (Å²) in [5.41, 5.74) is 1.57. The normalized spacial score (nSPS) is 20.9. The van der Waals surface area contributed by atoms with Crippen LogP contribution >= 0.6 is 0 Å². The van der Waals surface area contributed by atoms with E-state index in [0.29, 0.717) is 19.0 Å². The second-order valence-electron chi connectivity index (χ2n) is 6.18. The van der Waals surface area contributed by atoms with Crippen LogP contribution in [0.3, 0.4) is 0 Å². The molecule has 3 aromatic rings.